The van der Waals surface area contributed by atoms with Gasteiger partial charge in [0.15, 0.2) is 0 Å². The second-order valence-electron chi connectivity index (χ2n) is 7.61. The first kappa shape index (κ1) is 16.6. The molecule has 0 aromatic heterocycles. The first-order valence-corrected chi connectivity index (χ1v) is 8.55. The van der Waals surface area contributed by atoms with Crippen LogP contribution >= 0.6 is 0 Å². The highest BCUT2D eigenvalue weighted by atomic mass is 16.6. The van der Waals surface area contributed by atoms with Gasteiger partial charge >= 0.3 is 6.09 Å². The van der Waals surface area contributed by atoms with Crippen molar-refractivity contribution in [1.29, 1.82) is 5.26 Å². The van der Waals surface area contributed by atoms with Crippen molar-refractivity contribution in [1.82, 2.24) is 4.90 Å². The molecule has 3 rings (SSSR count). The average molecular weight is 324 g/mol. The Morgan fingerprint density at radius 3 is 2.58 bits per heavy atom. The van der Waals surface area contributed by atoms with Crippen LogP contribution in [0.5, 0.6) is 0 Å². The molecule has 2 heterocycles. The summed E-state index contributed by atoms with van der Waals surface area (Å²) in [5.74, 6) is 0. The normalized spacial score (nSPS) is 22.8. The van der Waals surface area contributed by atoms with Crippen molar-refractivity contribution < 1.29 is 9.53 Å². The van der Waals surface area contributed by atoms with Gasteiger partial charge in [-0.1, -0.05) is 30.3 Å². The van der Waals surface area contributed by atoms with Crippen LogP contribution in [-0.2, 0) is 11.2 Å². The van der Waals surface area contributed by atoms with E-state index < -0.39 is 5.60 Å². The number of rotatable bonds is 2. The maximum absolute atomic E-state index is 12.5. The molecule has 2 bridgehead atoms. The SMILES string of the molecule is CC(C)(C)OC(=O)N1C2C=C(c3ccc(CC#N)cc3)CC1CC2. The van der Waals surface area contributed by atoms with Crippen molar-refractivity contribution in [2.45, 2.75) is 64.1 Å². The molecular weight excluding hydrogens is 300 g/mol. The summed E-state index contributed by atoms with van der Waals surface area (Å²) in [6.07, 6.45) is 5.35. The van der Waals surface area contributed by atoms with E-state index in [0.717, 1.165) is 24.8 Å². The number of hydrogen-bond acceptors (Lipinski definition) is 3. The van der Waals surface area contributed by atoms with E-state index in [9.17, 15) is 4.79 Å². The minimum Gasteiger partial charge on any atom is -0.444 e. The first-order chi connectivity index (χ1) is 11.4. The fourth-order valence-electron chi connectivity index (χ4n) is 3.57. The minimum absolute atomic E-state index is 0.132. The molecule has 2 atom stereocenters. The van der Waals surface area contributed by atoms with Gasteiger partial charge in [0.05, 0.1) is 18.5 Å². The smallest absolute Gasteiger partial charge is 0.411 e. The van der Waals surface area contributed by atoms with Gasteiger partial charge < -0.3 is 4.74 Å². The van der Waals surface area contributed by atoms with E-state index >= 15 is 0 Å². The van der Waals surface area contributed by atoms with Gasteiger partial charge in [0.25, 0.3) is 0 Å². The monoisotopic (exact) mass is 324 g/mol. The standard InChI is InChI=1S/C20H24N2O2/c1-20(2,3)24-19(23)22-17-8-9-18(22)13-16(12-17)15-6-4-14(5-7-15)10-11-21/h4-7,12,17-18H,8-10,13H2,1-3H3. The Hall–Kier alpha value is -2.28. The molecule has 1 amide bonds. The average Bonchev–Trinajstić information content (AvgIpc) is 2.77. The summed E-state index contributed by atoms with van der Waals surface area (Å²) in [6.45, 7) is 5.71. The van der Waals surface area contributed by atoms with Gasteiger partial charge in [0.1, 0.15) is 5.60 Å². The second kappa shape index (κ2) is 6.32. The molecule has 1 fully saturated rings. The molecule has 2 aliphatic heterocycles. The highest BCUT2D eigenvalue weighted by molar-refractivity contribution is 5.75. The Bertz CT molecular complexity index is 692. The van der Waals surface area contributed by atoms with Gasteiger partial charge in [0.2, 0.25) is 0 Å². The number of benzene rings is 1. The molecule has 2 unspecified atom stereocenters. The van der Waals surface area contributed by atoms with Gasteiger partial charge in [-0.2, -0.15) is 5.26 Å². The molecule has 1 aromatic carbocycles. The number of carbonyl (C=O) groups is 1. The predicted octanol–water partition coefficient (Wildman–Crippen LogP) is 4.31. The highest BCUT2D eigenvalue weighted by Gasteiger charge is 2.41. The fraction of sp³-hybridized carbons (Fsp3) is 0.500. The Kier molecular flexibility index (Phi) is 4.36. The molecule has 1 aromatic rings. The summed E-state index contributed by atoms with van der Waals surface area (Å²) in [5, 5.41) is 8.77. The molecule has 0 N–H and O–H groups in total. The van der Waals surface area contributed by atoms with E-state index in [1.807, 2.05) is 37.8 Å². The number of hydrogen-bond donors (Lipinski definition) is 0. The van der Waals surface area contributed by atoms with E-state index in [2.05, 4.69) is 24.3 Å². The molecule has 0 saturated carbocycles. The van der Waals surface area contributed by atoms with Crippen molar-refractivity contribution >= 4 is 11.7 Å². The summed E-state index contributed by atoms with van der Waals surface area (Å²) in [6, 6.07) is 10.7. The predicted molar refractivity (Wildman–Crippen MR) is 93.2 cm³/mol. The van der Waals surface area contributed by atoms with Crippen LogP contribution in [0.25, 0.3) is 5.57 Å². The molecule has 0 aliphatic carbocycles. The van der Waals surface area contributed by atoms with Gasteiger partial charge in [-0.05, 0) is 56.7 Å². The zero-order valence-electron chi connectivity index (χ0n) is 14.6. The maximum Gasteiger partial charge on any atom is 0.411 e. The number of amides is 1. The van der Waals surface area contributed by atoms with Gasteiger partial charge in [-0.3, -0.25) is 4.90 Å². The maximum atomic E-state index is 12.5. The van der Waals surface area contributed by atoms with Crippen molar-refractivity contribution in [3.05, 3.63) is 41.5 Å². The summed E-state index contributed by atoms with van der Waals surface area (Å²) in [4.78, 5) is 14.4. The van der Waals surface area contributed by atoms with Gasteiger partial charge in [-0.15, -0.1) is 0 Å². The Morgan fingerprint density at radius 1 is 1.29 bits per heavy atom. The number of ether oxygens (including phenoxy) is 1. The number of fused-ring (bicyclic) bond motifs is 2. The zero-order valence-corrected chi connectivity index (χ0v) is 14.6. The van der Waals surface area contributed by atoms with Gasteiger partial charge in [0, 0.05) is 6.04 Å². The third kappa shape index (κ3) is 3.46. The van der Waals surface area contributed by atoms with E-state index in [1.165, 1.54) is 11.1 Å². The molecule has 0 radical (unpaired) electrons. The summed E-state index contributed by atoms with van der Waals surface area (Å²) < 4.78 is 5.57. The molecule has 2 aliphatic rings. The van der Waals surface area contributed by atoms with Crippen LogP contribution in [0.1, 0.15) is 51.2 Å². The lowest BCUT2D eigenvalue weighted by Gasteiger charge is -2.35. The zero-order chi connectivity index (χ0) is 17.3. The van der Waals surface area contributed by atoms with Crippen LogP contribution < -0.4 is 0 Å². The lowest BCUT2D eigenvalue weighted by molar-refractivity contribution is 0.0175. The van der Waals surface area contributed by atoms with Crippen LogP contribution in [0.2, 0.25) is 0 Å². The molecular formula is C20H24N2O2. The van der Waals surface area contributed by atoms with E-state index in [-0.39, 0.29) is 18.2 Å². The molecule has 126 valence electrons. The third-order valence-electron chi connectivity index (χ3n) is 4.61. The number of nitriles is 1. The van der Waals surface area contributed by atoms with Crippen molar-refractivity contribution in [3.63, 3.8) is 0 Å². The quantitative estimate of drug-likeness (QED) is 0.814. The lowest BCUT2D eigenvalue weighted by atomic mass is 9.94. The van der Waals surface area contributed by atoms with Crippen LogP contribution in [-0.4, -0.2) is 28.7 Å². The Labute approximate surface area is 143 Å². The summed E-state index contributed by atoms with van der Waals surface area (Å²) in [7, 11) is 0. The van der Waals surface area contributed by atoms with Crippen LogP contribution in [0.3, 0.4) is 0 Å². The Balaban J connectivity index is 1.77. The third-order valence-corrected chi connectivity index (χ3v) is 4.61. The van der Waals surface area contributed by atoms with Crippen LogP contribution in [0.4, 0.5) is 4.79 Å². The van der Waals surface area contributed by atoms with E-state index in [1.54, 1.807) is 0 Å². The largest absolute Gasteiger partial charge is 0.444 e. The van der Waals surface area contributed by atoms with Crippen molar-refractivity contribution in [2.24, 2.45) is 0 Å². The minimum atomic E-state index is -0.461. The second-order valence-corrected chi connectivity index (χ2v) is 7.61. The number of carbonyl (C=O) groups excluding carboxylic acids is 1. The topological polar surface area (TPSA) is 53.3 Å². The van der Waals surface area contributed by atoms with Crippen molar-refractivity contribution in [3.8, 4) is 6.07 Å². The lowest BCUT2D eigenvalue weighted by Crippen LogP contribution is -2.45. The number of nitrogens with zero attached hydrogens (tertiary/aromatic N) is 2. The summed E-state index contributed by atoms with van der Waals surface area (Å²) in [5.41, 5.74) is 3.07. The molecule has 4 nitrogen and oxygen atoms in total. The fourth-order valence-corrected chi connectivity index (χ4v) is 3.57. The molecule has 24 heavy (non-hydrogen) atoms. The van der Waals surface area contributed by atoms with Crippen LogP contribution in [0, 0.1) is 11.3 Å². The molecule has 4 heteroatoms. The Morgan fingerprint density at radius 2 is 2.00 bits per heavy atom. The van der Waals surface area contributed by atoms with E-state index in [0.29, 0.717) is 6.42 Å². The first-order valence-electron chi connectivity index (χ1n) is 8.55. The van der Waals surface area contributed by atoms with Gasteiger partial charge in [-0.25, -0.2) is 4.79 Å². The van der Waals surface area contributed by atoms with E-state index in [4.69, 9.17) is 10.00 Å². The molecule has 1 saturated heterocycles. The van der Waals surface area contributed by atoms with Crippen molar-refractivity contribution in [2.75, 3.05) is 0 Å². The summed E-state index contributed by atoms with van der Waals surface area (Å²) >= 11 is 0. The highest BCUT2D eigenvalue weighted by Crippen LogP contribution is 2.39. The van der Waals surface area contributed by atoms with Crippen LogP contribution in [0.15, 0.2) is 30.3 Å². The molecule has 0 spiro atoms.